The van der Waals surface area contributed by atoms with Crippen molar-refractivity contribution in [3.63, 3.8) is 0 Å². The maximum Gasteiger partial charge on any atom is 0.272 e. The van der Waals surface area contributed by atoms with Crippen LogP contribution in [0.2, 0.25) is 0 Å². The molecular weight excluding hydrogens is 600 g/mol. The van der Waals surface area contributed by atoms with E-state index in [0.29, 0.717) is 16.8 Å². The van der Waals surface area contributed by atoms with Gasteiger partial charge in [0.1, 0.15) is 5.70 Å². The van der Waals surface area contributed by atoms with Crippen LogP contribution in [-0.2, 0) is 4.79 Å². The van der Waals surface area contributed by atoms with Crippen molar-refractivity contribution in [1.82, 2.24) is 9.88 Å². The second-order valence-electron chi connectivity index (χ2n) is 10.3. The van der Waals surface area contributed by atoms with Crippen LogP contribution in [-0.4, -0.2) is 33.0 Å². The van der Waals surface area contributed by atoms with Crippen LogP contribution < -0.4 is 10.6 Å². The number of hydrogen-bond acceptors (Lipinski definition) is 6. The number of carbonyl (C=O) groups excluding carboxylic acids is 3. The number of thioether (sulfide) groups is 1. The largest absolute Gasteiger partial charge is 0.321 e. The van der Waals surface area contributed by atoms with Gasteiger partial charge in [0.05, 0.1) is 21.7 Å². The first kappa shape index (κ1) is 30.0. The predicted octanol–water partition coefficient (Wildman–Crippen LogP) is 7.54. The average molecular weight is 627 g/mol. The number of anilines is 1. The molecule has 1 aromatic heterocycles. The Morgan fingerprint density at radius 1 is 0.761 bits per heavy atom. The van der Waals surface area contributed by atoms with Crippen molar-refractivity contribution in [2.75, 3.05) is 11.1 Å². The van der Waals surface area contributed by atoms with E-state index in [1.54, 1.807) is 53.1 Å². The Bertz CT molecular complexity index is 2090. The molecule has 5 aromatic carbocycles. The minimum atomic E-state index is -0.592. The van der Waals surface area contributed by atoms with E-state index < -0.39 is 16.7 Å². The smallest absolute Gasteiger partial charge is 0.272 e. The second-order valence-corrected chi connectivity index (χ2v) is 11.3. The van der Waals surface area contributed by atoms with Gasteiger partial charge in [0, 0.05) is 39.1 Å². The number of nitrogens with one attached hydrogen (secondary N) is 2. The molecule has 6 rings (SSSR count). The number of fused-ring (bicyclic) bond motifs is 3. The zero-order chi connectivity index (χ0) is 32.0. The van der Waals surface area contributed by atoms with Crippen molar-refractivity contribution in [1.29, 1.82) is 0 Å². The zero-order valence-corrected chi connectivity index (χ0v) is 25.1. The van der Waals surface area contributed by atoms with E-state index in [0.717, 1.165) is 26.7 Å². The number of nitrogens with zero attached hydrogens (tertiary/aromatic N) is 2. The molecule has 0 fully saturated rings. The Morgan fingerprint density at radius 3 is 2.04 bits per heavy atom. The number of nitro groups is 1. The lowest BCUT2D eigenvalue weighted by Crippen LogP contribution is -2.30. The van der Waals surface area contributed by atoms with Gasteiger partial charge in [-0.1, -0.05) is 60.7 Å². The summed E-state index contributed by atoms with van der Waals surface area (Å²) < 4.78 is 1.74. The van der Waals surface area contributed by atoms with Crippen LogP contribution in [0.1, 0.15) is 20.7 Å². The van der Waals surface area contributed by atoms with Gasteiger partial charge in [-0.15, -0.1) is 11.8 Å². The molecule has 0 aliphatic heterocycles. The topological polar surface area (TPSA) is 123 Å². The summed E-state index contributed by atoms with van der Waals surface area (Å²) >= 11 is 1.35. The third-order valence-corrected chi connectivity index (χ3v) is 8.21. The van der Waals surface area contributed by atoms with Gasteiger partial charge in [-0.3, -0.25) is 29.1 Å². The van der Waals surface area contributed by atoms with Crippen molar-refractivity contribution in [3.8, 4) is 0 Å². The normalized spacial score (nSPS) is 11.3. The number of para-hydroxylation sites is 2. The first-order valence-corrected chi connectivity index (χ1v) is 15.2. The lowest BCUT2D eigenvalue weighted by Gasteiger charge is -2.12. The lowest BCUT2D eigenvalue weighted by atomic mass is 10.1. The first-order chi connectivity index (χ1) is 22.4. The van der Waals surface area contributed by atoms with Crippen molar-refractivity contribution >= 4 is 68.7 Å². The maximum absolute atomic E-state index is 13.5. The third-order valence-electron chi connectivity index (χ3n) is 7.23. The lowest BCUT2D eigenvalue weighted by molar-refractivity contribution is -0.384. The second kappa shape index (κ2) is 13.3. The number of amides is 2. The van der Waals surface area contributed by atoms with Crippen LogP contribution in [0.25, 0.3) is 27.9 Å². The molecule has 226 valence electrons. The van der Waals surface area contributed by atoms with Crippen molar-refractivity contribution < 1.29 is 19.3 Å². The van der Waals surface area contributed by atoms with E-state index in [9.17, 15) is 24.5 Å². The molecule has 0 bridgehead atoms. The molecule has 10 heteroatoms. The quantitative estimate of drug-likeness (QED) is 0.0740. The summed E-state index contributed by atoms with van der Waals surface area (Å²) in [6.07, 6.45) is 1.45. The molecule has 0 aliphatic carbocycles. The summed E-state index contributed by atoms with van der Waals surface area (Å²) in [7, 11) is 0. The molecule has 1 heterocycles. The Kier molecular flexibility index (Phi) is 8.71. The fourth-order valence-corrected chi connectivity index (χ4v) is 5.87. The van der Waals surface area contributed by atoms with Crippen LogP contribution in [0.5, 0.6) is 0 Å². The number of nitro benzene ring substituents is 1. The Hall–Kier alpha value is -6.00. The minimum Gasteiger partial charge on any atom is -0.321 e. The van der Waals surface area contributed by atoms with Gasteiger partial charge in [-0.05, 0) is 66.2 Å². The van der Waals surface area contributed by atoms with E-state index in [-0.39, 0.29) is 23.0 Å². The molecule has 0 saturated heterocycles. The van der Waals surface area contributed by atoms with Gasteiger partial charge < -0.3 is 10.6 Å². The van der Waals surface area contributed by atoms with Crippen LogP contribution in [0.15, 0.2) is 138 Å². The van der Waals surface area contributed by atoms with Crippen LogP contribution in [0.4, 0.5) is 11.4 Å². The summed E-state index contributed by atoms with van der Waals surface area (Å²) in [6.45, 7) is 0. The van der Waals surface area contributed by atoms with E-state index in [1.807, 2.05) is 54.6 Å². The molecule has 2 N–H and O–H groups in total. The number of aromatic nitrogens is 1. The molecular formula is C36H26N4O5S. The molecule has 2 amide bonds. The van der Waals surface area contributed by atoms with E-state index in [1.165, 1.54) is 42.1 Å². The van der Waals surface area contributed by atoms with E-state index in [2.05, 4.69) is 10.6 Å². The van der Waals surface area contributed by atoms with Gasteiger partial charge >= 0.3 is 0 Å². The van der Waals surface area contributed by atoms with Gasteiger partial charge in [0.2, 0.25) is 5.91 Å². The van der Waals surface area contributed by atoms with Crippen molar-refractivity contribution in [3.05, 3.63) is 154 Å². The zero-order valence-electron chi connectivity index (χ0n) is 24.3. The monoisotopic (exact) mass is 626 g/mol. The number of non-ortho nitro benzene ring substituents is 1. The fraction of sp³-hybridized carbons (Fsp3) is 0.0278. The van der Waals surface area contributed by atoms with Crippen LogP contribution >= 0.6 is 11.8 Å². The highest BCUT2D eigenvalue weighted by atomic mass is 32.2. The standard InChI is InChI=1S/C36H26N4O5S/c41-34(39-32-15-6-4-13-29(32)30-14-5-7-16-33(30)39)23-46-28-12-8-11-26(22-28)37-36(43)31(38-35(42)25-9-2-1-3-10-25)21-24-17-19-27(20-18-24)40(44)45/h1-22H,23H2,(H,37,43)(H,38,42)/b31-21+. The molecule has 9 nitrogen and oxygen atoms in total. The highest BCUT2D eigenvalue weighted by molar-refractivity contribution is 8.00. The summed E-state index contributed by atoms with van der Waals surface area (Å²) in [5.41, 5.74) is 2.85. The van der Waals surface area contributed by atoms with Gasteiger partial charge in [0.25, 0.3) is 17.5 Å². The maximum atomic E-state index is 13.5. The number of hydrogen-bond donors (Lipinski definition) is 2. The third kappa shape index (κ3) is 6.57. The first-order valence-electron chi connectivity index (χ1n) is 14.3. The fourth-order valence-electron chi connectivity index (χ4n) is 5.06. The Morgan fingerprint density at radius 2 is 1.39 bits per heavy atom. The summed E-state index contributed by atoms with van der Waals surface area (Å²) in [5, 5.41) is 18.6. The highest BCUT2D eigenvalue weighted by Crippen LogP contribution is 2.30. The van der Waals surface area contributed by atoms with E-state index in [4.69, 9.17) is 0 Å². The number of carbonyl (C=O) groups is 3. The van der Waals surface area contributed by atoms with E-state index >= 15 is 0 Å². The molecule has 46 heavy (non-hydrogen) atoms. The average Bonchev–Trinajstić information content (AvgIpc) is 3.42. The van der Waals surface area contributed by atoms with Gasteiger partial charge in [-0.25, -0.2) is 0 Å². The summed E-state index contributed by atoms with van der Waals surface area (Å²) in [5.74, 6) is -0.991. The molecule has 6 aromatic rings. The van der Waals surface area contributed by atoms with Gasteiger partial charge in [-0.2, -0.15) is 0 Å². The molecule has 0 spiro atoms. The summed E-state index contributed by atoms with van der Waals surface area (Å²) in [6, 6.07) is 36.8. The van der Waals surface area contributed by atoms with Crippen molar-refractivity contribution in [2.24, 2.45) is 0 Å². The number of benzene rings is 5. The molecule has 0 atom stereocenters. The SMILES string of the molecule is O=C(Nc1cccc(SCC(=O)n2c3ccccc3c3ccccc32)c1)/C(=C\c1ccc([N+](=O)[O-])cc1)NC(=O)c1ccccc1. The van der Waals surface area contributed by atoms with Gasteiger partial charge in [0.15, 0.2) is 0 Å². The Balaban J connectivity index is 1.20. The highest BCUT2D eigenvalue weighted by Gasteiger charge is 2.18. The molecule has 0 aliphatic rings. The summed E-state index contributed by atoms with van der Waals surface area (Å²) in [4.78, 5) is 51.2. The van der Waals surface area contributed by atoms with Crippen molar-refractivity contribution in [2.45, 2.75) is 4.90 Å². The Labute approximate surface area is 267 Å². The predicted molar refractivity (Wildman–Crippen MR) is 181 cm³/mol. The van der Waals surface area contributed by atoms with Crippen LogP contribution in [0.3, 0.4) is 0 Å². The number of rotatable bonds is 9. The minimum absolute atomic E-state index is 0.0534. The molecule has 0 radical (unpaired) electrons. The van der Waals surface area contributed by atoms with Crippen LogP contribution in [0, 0.1) is 10.1 Å². The molecule has 0 saturated carbocycles. The molecule has 0 unspecified atom stereocenters.